The van der Waals surface area contributed by atoms with E-state index in [1.807, 2.05) is 12.1 Å². The van der Waals surface area contributed by atoms with Gasteiger partial charge in [-0.05, 0) is 23.1 Å². The molecule has 0 aliphatic heterocycles. The van der Waals surface area contributed by atoms with Crippen molar-refractivity contribution < 1.29 is 9.18 Å². The highest BCUT2D eigenvalue weighted by atomic mass is 32.1. The number of nitrogens with zero attached hydrogens (tertiary/aromatic N) is 2. The van der Waals surface area contributed by atoms with Crippen molar-refractivity contribution in [3.63, 3.8) is 0 Å². The van der Waals surface area contributed by atoms with Crippen molar-refractivity contribution in [3.8, 4) is 10.6 Å². The smallest absolute Gasteiger partial charge is 0.230 e. The van der Waals surface area contributed by atoms with Crippen molar-refractivity contribution in [1.29, 1.82) is 0 Å². The largest absolute Gasteiger partial charge is 0.300 e. The summed E-state index contributed by atoms with van der Waals surface area (Å²) >= 11 is 1.30. The summed E-state index contributed by atoms with van der Waals surface area (Å²) in [4.78, 5) is 12.1. The molecular formula is C19H18FN3OS. The first kappa shape index (κ1) is 17.2. The van der Waals surface area contributed by atoms with Gasteiger partial charge in [0.15, 0.2) is 0 Å². The summed E-state index contributed by atoms with van der Waals surface area (Å²) in [6.07, 6.45) is -0.0370. The third-order valence-electron chi connectivity index (χ3n) is 3.80. The maximum absolute atomic E-state index is 13.6. The predicted molar refractivity (Wildman–Crippen MR) is 98.2 cm³/mol. The number of carbonyl (C=O) groups excluding carboxylic acids is 1. The first-order valence-electron chi connectivity index (χ1n) is 8.00. The number of hydrogen-bond donors (Lipinski definition) is 1. The molecule has 6 heteroatoms. The molecule has 1 amide bonds. The molecule has 0 fully saturated rings. The highest BCUT2D eigenvalue weighted by molar-refractivity contribution is 7.18. The van der Waals surface area contributed by atoms with Crippen LogP contribution in [0.3, 0.4) is 0 Å². The molecule has 0 bridgehead atoms. The van der Waals surface area contributed by atoms with E-state index < -0.39 is 0 Å². The lowest BCUT2D eigenvalue weighted by Gasteiger charge is -2.05. The molecule has 0 saturated heterocycles. The highest BCUT2D eigenvalue weighted by Gasteiger charge is 2.12. The highest BCUT2D eigenvalue weighted by Crippen LogP contribution is 2.27. The minimum Gasteiger partial charge on any atom is -0.300 e. The second-order valence-corrected chi connectivity index (χ2v) is 6.98. The number of anilines is 1. The van der Waals surface area contributed by atoms with Crippen LogP contribution in [0.2, 0.25) is 0 Å². The van der Waals surface area contributed by atoms with Crippen LogP contribution in [-0.4, -0.2) is 16.1 Å². The van der Waals surface area contributed by atoms with Gasteiger partial charge in [-0.15, -0.1) is 10.2 Å². The van der Waals surface area contributed by atoms with E-state index in [4.69, 9.17) is 0 Å². The third-order valence-corrected chi connectivity index (χ3v) is 4.69. The Labute approximate surface area is 149 Å². The third kappa shape index (κ3) is 4.28. The quantitative estimate of drug-likeness (QED) is 0.725. The number of benzene rings is 2. The molecule has 1 aromatic heterocycles. The Morgan fingerprint density at radius 3 is 2.52 bits per heavy atom. The molecular weight excluding hydrogens is 337 g/mol. The van der Waals surface area contributed by atoms with Crippen LogP contribution < -0.4 is 5.32 Å². The molecule has 4 nitrogen and oxygen atoms in total. The topological polar surface area (TPSA) is 54.9 Å². The van der Waals surface area contributed by atoms with Gasteiger partial charge in [-0.1, -0.05) is 67.6 Å². The first-order chi connectivity index (χ1) is 12.0. The summed E-state index contributed by atoms with van der Waals surface area (Å²) in [5.41, 5.74) is 2.57. The van der Waals surface area contributed by atoms with E-state index in [1.54, 1.807) is 18.2 Å². The average molecular weight is 355 g/mol. The lowest BCUT2D eigenvalue weighted by atomic mass is 10.0. The van der Waals surface area contributed by atoms with Crippen LogP contribution in [0.1, 0.15) is 30.9 Å². The average Bonchev–Trinajstić information content (AvgIpc) is 3.05. The van der Waals surface area contributed by atoms with Gasteiger partial charge in [-0.25, -0.2) is 4.39 Å². The van der Waals surface area contributed by atoms with Gasteiger partial charge in [0.2, 0.25) is 11.0 Å². The lowest BCUT2D eigenvalue weighted by molar-refractivity contribution is -0.115. The number of halogens is 1. The lowest BCUT2D eigenvalue weighted by Crippen LogP contribution is -2.15. The number of aromatic nitrogens is 2. The maximum atomic E-state index is 13.6. The Morgan fingerprint density at radius 2 is 1.84 bits per heavy atom. The van der Waals surface area contributed by atoms with Crippen LogP contribution in [-0.2, 0) is 11.2 Å². The summed E-state index contributed by atoms with van der Waals surface area (Å²) in [5, 5.41) is 11.9. The van der Waals surface area contributed by atoms with Crippen molar-refractivity contribution >= 4 is 22.4 Å². The molecule has 1 N–H and O–H groups in total. The normalized spacial score (nSPS) is 10.9. The van der Waals surface area contributed by atoms with Crippen LogP contribution in [0.5, 0.6) is 0 Å². The van der Waals surface area contributed by atoms with Crippen molar-refractivity contribution in [2.45, 2.75) is 26.2 Å². The molecule has 0 saturated carbocycles. The second-order valence-electron chi connectivity index (χ2n) is 6.01. The number of nitrogens with one attached hydrogen (secondary N) is 1. The van der Waals surface area contributed by atoms with E-state index in [0.29, 0.717) is 16.6 Å². The van der Waals surface area contributed by atoms with Crippen molar-refractivity contribution in [2.24, 2.45) is 0 Å². The van der Waals surface area contributed by atoms with E-state index >= 15 is 0 Å². The Morgan fingerprint density at radius 1 is 1.12 bits per heavy atom. The molecule has 128 valence electrons. The van der Waals surface area contributed by atoms with E-state index in [9.17, 15) is 9.18 Å². The van der Waals surface area contributed by atoms with Crippen LogP contribution >= 0.6 is 11.3 Å². The zero-order chi connectivity index (χ0) is 17.8. The summed E-state index contributed by atoms with van der Waals surface area (Å²) < 4.78 is 13.6. The molecule has 0 atom stereocenters. The van der Waals surface area contributed by atoms with Gasteiger partial charge in [0.05, 0.1) is 6.42 Å². The van der Waals surface area contributed by atoms with Crippen molar-refractivity contribution in [2.75, 3.05) is 5.32 Å². The summed E-state index contributed by atoms with van der Waals surface area (Å²) in [6, 6.07) is 14.4. The number of rotatable bonds is 5. The number of amides is 1. The van der Waals surface area contributed by atoms with Crippen LogP contribution in [0.25, 0.3) is 10.6 Å². The van der Waals surface area contributed by atoms with Gasteiger partial charge in [-0.3, -0.25) is 4.79 Å². The fraction of sp³-hybridized carbons (Fsp3) is 0.211. The number of carbonyl (C=O) groups is 1. The van der Waals surface area contributed by atoms with Crippen molar-refractivity contribution in [1.82, 2.24) is 10.2 Å². The number of hydrogen-bond acceptors (Lipinski definition) is 4. The van der Waals surface area contributed by atoms with Gasteiger partial charge in [0, 0.05) is 5.56 Å². The van der Waals surface area contributed by atoms with Crippen LogP contribution in [0.4, 0.5) is 9.52 Å². The maximum Gasteiger partial charge on any atom is 0.230 e. The Kier molecular flexibility index (Phi) is 5.19. The Hall–Kier alpha value is -2.60. The minimum atomic E-state index is -0.388. The van der Waals surface area contributed by atoms with Gasteiger partial charge in [0.1, 0.15) is 10.8 Å². The van der Waals surface area contributed by atoms with E-state index in [-0.39, 0.29) is 18.1 Å². The van der Waals surface area contributed by atoms with Crippen molar-refractivity contribution in [3.05, 3.63) is 65.5 Å². The molecule has 0 aliphatic rings. The molecule has 0 unspecified atom stereocenters. The molecule has 25 heavy (non-hydrogen) atoms. The SMILES string of the molecule is CC(C)c1ccc(-c2nnc(NC(=O)Cc3ccccc3F)s2)cc1. The fourth-order valence-electron chi connectivity index (χ4n) is 2.38. The summed E-state index contributed by atoms with van der Waals surface area (Å²) in [7, 11) is 0. The minimum absolute atomic E-state index is 0.0370. The van der Waals surface area contributed by atoms with Crippen LogP contribution in [0.15, 0.2) is 48.5 Å². The standard InChI is InChI=1S/C19H18FN3OS/c1-12(2)13-7-9-14(10-8-13)18-22-23-19(25-18)21-17(24)11-15-5-3-4-6-16(15)20/h3-10,12H,11H2,1-2H3,(H,21,23,24). The predicted octanol–water partition coefficient (Wildman–Crippen LogP) is 4.65. The van der Waals surface area contributed by atoms with E-state index in [1.165, 1.54) is 23.0 Å². The molecule has 3 rings (SSSR count). The van der Waals surface area contributed by atoms with E-state index in [2.05, 4.69) is 41.5 Å². The fourth-order valence-corrected chi connectivity index (χ4v) is 3.14. The zero-order valence-corrected chi connectivity index (χ0v) is 14.8. The zero-order valence-electron chi connectivity index (χ0n) is 14.0. The molecule has 0 aliphatic carbocycles. The van der Waals surface area contributed by atoms with Gasteiger partial charge >= 0.3 is 0 Å². The second kappa shape index (κ2) is 7.53. The summed E-state index contributed by atoms with van der Waals surface area (Å²) in [5.74, 6) is -0.236. The Bertz CT molecular complexity index is 874. The first-order valence-corrected chi connectivity index (χ1v) is 8.81. The van der Waals surface area contributed by atoms with Gasteiger partial charge in [0.25, 0.3) is 0 Å². The molecule has 0 radical (unpaired) electrons. The van der Waals surface area contributed by atoms with Crippen LogP contribution in [0, 0.1) is 5.82 Å². The molecule has 3 aromatic rings. The van der Waals surface area contributed by atoms with Gasteiger partial charge < -0.3 is 5.32 Å². The Balaban J connectivity index is 1.67. The molecule has 0 spiro atoms. The van der Waals surface area contributed by atoms with Gasteiger partial charge in [-0.2, -0.15) is 0 Å². The summed E-state index contributed by atoms with van der Waals surface area (Å²) in [6.45, 7) is 4.28. The molecule has 2 aromatic carbocycles. The van der Waals surface area contributed by atoms with E-state index in [0.717, 1.165) is 10.6 Å². The molecule has 1 heterocycles. The monoisotopic (exact) mass is 355 g/mol.